The van der Waals surface area contributed by atoms with Gasteiger partial charge in [0.1, 0.15) is 5.03 Å². The third-order valence-electron chi connectivity index (χ3n) is 1.87. The Morgan fingerprint density at radius 3 is 2.94 bits per heavy atom. The van der Waals surface area contributed by atoms with Gasteiger partial charge >= 0.3 is 5.69 Å². The Morgan fingerprint density at radius 1 is 1.47 bits per heavy atom. The van der Waals surface area contributed by atoms with Crippen LogP contribution in [0.1, 0.15) is 0 Å². The highest BCUT2D eigenvalue weighted by Gasteiger charge is 2.06. The molecule has 2 heterocycles. The maximum Gasteiger partial charge on any atom is 0.364 e. The minimum absolute atomic E-state index is 0.141. The van der Waals surface area contributed by atoms with E-state index in [4.69, 9.17) is 5.14 Å². The van der Waals surface area contributed by atoms with Crippen LogP contribution >= 0.6 is 11.8 Å². The summed E-state index contributed by atoms with van der Waals surface area (Å²) in [4.78, 5) is 11.2. The van der Waals surface area contributed by atoms with Crippen molar-refractivity contribution in [3.63, 3.8) is 0 Å². The normalized spacial score (nSPS) is 12.1. The van der Waals surface area contributed by atoms with Crippen molar-refractivity contribution in [2.75, 3.05) is 11.5 Å². The number of nitrogens with zero attached hydrogens (tertiary/aromatic N) is 3. The molecule has 0 spiro atoms. The summed E-state index contributed by atoms with van der Waals surface area (Å²) in [6.45, 7) is 0. The predicted molar refractivity (Wildman–Crippen MR) is 62.3 cm³/mol. The topological polar surface area (TPSA) is 123 Å². The Hall–Kier alpha value is -1.39. The maximum atomic E-state index is 11.2. The standard InChI is InChI=1S/C7H9N5O3S2/c8-17(14,15)4-3-16-6-2-1-5-9-10-7(13)12(5)11-6/h1-2H,3-4H2,(H,10,13)(H2,8,14,15). The molecule has 92 valence electrons. The fraction of sp³-hybridized carbons (Fsp3) is 0.286. The Balaban J connectivity index is 2.14. The number of primary sulfonamides is 1. The average Bonchev–Trinajstić information content (AvgIpc) is 2.59. The summed E-state index contributed by atoms with van der Waals surface area (Å²) in [5.41, 5.74) is -0.0281. The lowest BCUT2D eigenvalue weighted by Gasteiger charge is -1.99. The molecule has 8 nitrogen and oxygen atoms in total. The number of aromatic nitrogens is 4. The van der Waals surface area contributed by atoms with E-state index in [-0.39, 0.29) is 11.5 Å². The van der Waals surface area contributed by atoms with Crippen molar-refractivity contribution < 1.29 is 8.42 Å². The highest BCUT2D eigenvalue weighted by Crippen LogP contribution is 2.14. The van der Waals surface area contributed by atoms with Gasteiger partial charge in [-0.3, -0.25) is 0 Å². The van der Waals surface area contributed by atoms with Crippen molar-refractivity contribution in [1.29, 1.82) is 0 Å². The van der Waals surface area contributed by atoms with Crippen LogP contribution in [0, 0.1) is 0 Å². The quantitative estimate of drug-likeness (QED) is 0.675. The lowest BCUT2D eigenvalue weighted by atomic mass is 10.6. The summed E-state index contributed by atoms with van der Waals surface area (Å²) in [5.74, 6) is 0.140. The molecule has 0 atom stereocenters. The Morgan fingerprint density at radius 2 is 2.24 bits per heavy atom. The van der Waals surface area contributed by atoms with E-state index in [1.165, 1.54) is 11.8 Å². The second-order valence-electron chi connectivity index (χ2n) is 3.19. The molecule has 0 aromatic carbocycles. The van der Waals surface area contributed by atoms with Crippen LogP contribution in [-0.4, -0.2) is 39.7 Å². The fourth-order valence-electron chi connectivity index (χ4n) is 1.13. The Labute approximate surface area is 100 Å². The van der Waals surface area contributed by atoms with Gasteiger partial charge in [0.05, 0.1) is 5.75 Å². The van der Waals surface area contributed by atoms with Crippen LogP contribution in [-0.2, 0) is 10.0 Å². The molecule has 0 aliphatic heterocycles. The first-order chi connectivity index (χ1) is 7.96. The van der Waals surface area contributed by atoms with Gasteiger partial charge in [0, 0.05) is 5.75 Å². The molecule has 0 amide bonds. The zero-order chi connectivity index (χ0) is 12.5. The number of hydrogen-bond acceptors (Lipinski definition) is 6. The summed E-state index contributed by atoms with van der Waals surface area (Å²) >= 11 is 1.20. The lowest BCUT2D eigenvalue weighted by molar-refractivity contribution is 0.599. The van der Waals surface area contributed by atoms with Gasteiger partial charge < -0.3 is 0 Å². The second kappa shape index (κ2) is 4.47. The van der Waals surface area contributed by atoms with Crippen LogP contribution in [0.25, 0.3) is 5.65 Å². The highest BCUT2D eigenvalue weighted by molar-refractivity contribution is 8.00. The Kier molecular flexibility index (Phi) is 3.17. The second-order valence-corrected chi connectivity index (χ2v) is 6.03. The van der Waals surface area contributed by atoms with Gasteiger partial charge in [0.2, 0.25) is 10.0 Å². The summed E-state index contributed by atoms with van der Waals surface area (Å²) in [6.07, 6.45) is 0. The van der Waals surface area contributed by atoms with Gasteiger partial charge in [-0.15, -0.1) is 11.8 Å². The lowest BCUT2D eigenvalue weighted by Crippen LogP contribution is -2.18. The van der Waals surface area contributed by atoms with Crippen molar-refractivity contribution in [3.05, 3.63) is 22.6 Å². The smallest absolute Gasteiger partial charge is 0.244 e. The molecule has 2 aromatic heterocycles. The largest absolute Gasteiger partial charge is 0.364 e. The molecule has 0 aliphatic rings. The van der Waals surface area contributed by atoms with E-state index in [1.54, 1.807) is 12.1 Å². The van der Waals surface area contributed by atoms with Crippen LogP contribution in [0.15, 0.2) is 22.0 Å². The molecule has 0 aliphatic carbocycles. The van der Waals surface area contributed by atoms with Crippen LogP contribution < -0.4 is 10.8 Å². The van der Waals surface area contributed by atoms with Gasteiger partial charge in [-0.25, -0.2) is 23.4 Å². The zero-order valence-electron chi connectivity index (χ0n) is 8.53. The van der Waals surface area contributed by atoms with Gasteiger partial charge in [-0.1, -0.05) is 0 Å². The van der Waals surface area contributed by atoms with Crippen molar-refractivity contribution in [3.8, 4) is 0 Å². The third-order valence-corrected chi connectivity index (χ3v) is 3.82. The number of nitrogens with one attached hydrogen (secondary N) is 1. The molecule has 0 bridgehead atoms. The zero-order valence-corrected chi connectivity index (χ0v) is 10.2. The van der Waals surface area contributed by atoms with Gasteiger partial charge in [0.15, 0.2) is 5.65 Å². The number of thioether (sulfide) groups is 1. The highest BCUT2D eigenvalue weighted by atomic mass is 32.2. The van der Waals surface area contributed by atoms with Crippen molar-refractivity contribution in [2.24, 2.45) is 5.14 Å². The number of rotatable bonds is 4. The van der Waals surface area contributed by atoms with E-state index in [1.807, 2.05) is 0 Å². The molecule has 0 radical (unpaired) electrons. The van der Waals surface area contributed by atoms with Crippen molar-refractivity contribution >= 4 is 27.4 Å². The number of aromatic amines is 1. The summed E-state index contributed by atoms with van der Waals surface area (Å²) in [6, 6.07) is 3.27. The fourth-order valence-corrected chi connectivity index (χ4v) is 2.90. The summed E-state index contributed by atoms with van der Waals surface area (Å²) in [5, 5.41) is 15.4. The van der Waals surface area contributed by atoms with Crippen molar-refractivity contribution in [2.45, 2.75) is 5.03 Å². The van der Waals surface area contributed by atoms with Gasteiger partial charge in [-0.2, -0.15) is 14.7 Å². The van der Waals surface area contributed by atoms with Crippen LogP contribution in [0.5, 0.6) is 0 Å². The number of H-pyrrole nitrogens is 1. The minimum atomic E-state index is -3.47. The maximum absolute atomic E-state index is 11.2. The molecule has 17 heavy (non-hydrogen) atoms. The van der Waals surface area contributed by atoms with Gasteiger partial charge in [-0.05, 0) is 12.1 Å². The van der Waals surface area contributed by atoms with E-state index in [9.17, 15) is 13.2 Å². The van der Waals surface area contributed by atoms with Crippen LogP contribution in [0.4, 0.5) is 0 Å². The van der Waals surface area contributed by atoms with Gasteiger partial charge in [0.25, 0.3) is 0 Å². The minimum Gasteiger partial charge on any atom is -0.244 e. The molecule has 0 saturated heterocycles. The molecule has 10 heteroatoms. The number of fused-ring (bicyclic) bond motifs is 1. The molecule has 0 fully saturated rings. The predicted octanol–water partition coefficient (Wildman–Crippen LogP) is -1.20. The van der Waals surface area contributed by atoms with Crippen LogP contribution in [0.2, 0.25) is 0 Å². The molecule has 0 saturated carbocycles. The first kappa shape index (κ1) is 12.1. The van der Waals surface area contributed by atoms with E-state index in [2.05, 4.69) is 15.3 Å². The molecular formula is C7H9N5O3S2. The number of nitrogens with two attached hydrogens (primary N) is 1. The first-order valence-electron chi connectivity index (χ1n) is 4.53. The molecule has 2 aromatic rings. The number of hydrogen-bond donors (Lipinski definition) is 2. The summed E-state index contributed by atoms with van der Waals surface area (Å²) < 4.78 is 22.6. The van der Waals surface area contributed by atoms with E-state index >= 15 is 0 Å². The van der Waals surface area contributed by atoms with E-state index in [0.717, 1.165) is 4.52 Å². The van der Waals surface area contributed by atoms with Crippen LogP contribution in [0.3, 0.4) is 0 Å². The van der Waals surface area contributed by atoms with E-state index in [0.29, 0.717) is 10.7 Å². The molecule has 0 unspecified atom stereocenters. The monoisotopic (exact) mass is 275 g/mol. The third kappa shape index (κ3) is 3.05. The molecule has 2 rings (SSSR count). The SMILES string of the molecule is NS(=O)(=O)CCSc1ccc2n[nH]c(=O)n2n1. The Bertz CT molecular complexity index is 689. The van der Waals surface area contributed by atoms with E-state index < -0.39 is 15.7 Å². The average molecular weight is 275 g/mol. The molecule has 3 N–H and O–H groups in total. The van der Waals surface area contributed by atoms with Crippen molar-refractivity contribution in [1.82, 2.24) is 19.8 Å². The molecular weight excluding hydrogens is 266 g/mol. The first-order valence-corrected chi connectivity index (χ1v) is 7.23. The summed E-state index contributed by atoms with van der Waals surface area (Å²) in [7, 11) is -3.47. The number of sulfonamides is 1.